The molecule has 2 aromatic rings. The molecule has 0 amide bonds. The lowest BCUT2D eigenvalue weighted by molar-refractivity contribution is 0.881. The normalized spacial score (nSPS) is 10.0. The highest BCUT2D eigenvalue weighted by atomic mass is 15.5. The Bertz CT molecular complexity index is 401. The van der Waals surface area contributed by atoms with E-state index in [1.165, 1.54) is 0 Å². The van der Waals surface area contributed by atoms with E-state index in [1.807, 2.05) is 6.20 Å². The number of aromatic amines is 1. The zero-order chi connectivity index (χ0) is 9.80. The van der Waals surface area contributed by atoms with E-state index in [0.717, 1.165) is 5.56 Å². The second-order valence-corrected chi connectivity index (χ2v) is 2.60. The van der Waals surface area contributed by atoms with Gasteiger partial charge in [0.2, 0.25) is 0 Å². The number of hydrogen-bond donors (Lipinski definition) is 2. The van der Waals surface area contributed by atoms with Crippen molar-refractivity contribution in [3.63, 3.8) is 0 Å². The van der Waals surface area contributed by atoms with E-state index >= 15 is 0 Å². The predicted octanol–water partition coefficient (Wildman–Crippen LogP) is 0.109. The first-order valence-electron chi connectivity index (χ1n) is 4.01. The zero-order valence-electron chi connectivity index (χ0n) is 7.38. The van der Waals surface area contributed by atoms with Crippen LogP contribution in [0, 0.1) is 0 Å². The highest BCUT2D eigenvalue weighted by Crippen LogP contribution is 2.00. The first-order chi connectivity index (χ1) is 6.88. The van der Waals surface area contributed by atoms with Crippen molar-refractivity contribution in [3.05, 3.63) is 24.5 Å². The number of nitrogens with zero attached hydrogens (tertiary/aromatic N) is 5. The molecule has 2 rings (SSSR count). The lowest BCUT2D eigenvalue weighted by atomic mass is 10.4. The Hall–Kier alpha value is -2.18. The maximum absolute atomic E-state index is 4.03. The molecule has 14 heavy (non-hydrogen) atoms. The van der Waals surface area contributed by atoms with Crippen LogP contribution < -0.4 is 5.32 Å². The van der Waals surface area contributed by atoms with Crippen molar-refractivity contribution in [2.75, 3.05) is 5.32 Å². The molecular weight excluding hydrogens is 182 g/mol. The van der Waals surface area contributed by atoms with E-state index in [2.05, 4.69) is 37.6 Å². The Kier molecular flexibility index (Phi) is 2.22. The van der Waals surface area contributed by atoms with Gasteiger partial charge in [-0.1, -0.05) is 11.7 Å². The monoisotopic (exact) mass is 191 g/mol. The maximum Gasteiger partial charge on any atom is 0.263 e. The fraction of sp³-hybridized carbons (Fsp3) is 0.143. The molecule has 0 saturated heterocycles. The molecule has 0 bridgehead atoms. The van der Waals surface area contributed by atoms with Crippen LogP contribution in [0.5, 0.6) is 0 Å². The zero-order valence-corrected chi connectivity index (χ0v) is 7.38. The Morgan fingerprint density at radius 3 is 3.21 bits per heavy atom. The molecule has 2 N–H and O–H groups in total. The molecule has 7 heteroatoms. The van der Waals surface area contributed by atoms with Gasteiger partial charge in [-0.2, -0.15) is 10.3 Å². The van der Waals surface area contributed by atoms with Gasteiger partial charge in [0, 0.05) is 24.5 Å². The molecule has 0 saturated carbocycles. The van der Waals surface area contributed by atoms with Crippen LogP contribution in [0.15, 0.2) is 19.0 Å². The highest BCUT2D eigenvalue weighted by Gasteiger charge is 1.98. The van der Waals surface area contributed by atoms with Crippen molar-refractivity contribution in [2.24, 2.45) is 0 Å². The van der Waals surface area contributed by atoms with Crippen LogP contribution in [0.3, 0.4) is 0 Å². The fourth-order valence-electron chi connectivity index (χ4n) is 0.986. The molecule has 0 aliphatic carbocycles. The van der Waals surface area contributed by atoms with Gasteiger partial charge >= 0.3 is 0 Å². The second kappa shape index (κ2) is 3.69. The summed E-state index contributed by atoms with van der Waals surface area (Å²) in [5.41, 5.74) is 1.02. The number of aromatic nitrogens is 6. The lowest BCUT2D eigenvalue weighted by Gasteiger charge is -1.95. The number of hydrogen-bond acceptors (Lipinski definition) is 5. The van der Waals surface area contributed by atoms with E-state index < -0.39 is 0 Å². The molecular formula is C7H9N7. The summed E-state index contributed by atoms with van der Waals surface area (Å²) in [4.78, 5) is 0. The average Bonchev–Trinajstić information content (AvgIpc) is 2.86. The van der Waals surface area contributed by atoms with Crippen LogP contribution >= 0.6 is 0 Å². The second-order valence-electron chi connectivity index (χ2n) is 2.60. The number of nitrogens with one attached hydrogen (secondary N) is 2. The van der Waals surface area contributed by atoms with Crippen molar-refractivity contribution in [2.45, 2.75) is 6.54 Å². The van der Waals surface area contributed by atoms with Crippen molar-refractivity contribution in [1.29, 1.82) is 0 Å². The smallest absolute Gasteiger partial charge is 0.263 e. The molecule has 0 atom stereocenters. The number of tetrazole rings is 1. The van der Waals surface area contributed by atoms with E-state index in [4.69, 9.17) is 0 Å². The molecule has 0 radical (unpaired) electrons. The van der Waals surface area contributed by atoms with E-state index in [9.17, 15) is 0 Å². The third-order valence-corrected chi connectivity index (χ3v) is 1.64. The summed E-state index contributed by atoms with van der Waals surface area (Å²) in [6, 6.07) is 0. The van der Waals surface area contributed by atoms with Crippen LogP contribution in [-0.4, -0.2) is 30.4 Å². The molecule has 0 aliphatic rings. The number of H-pyrrole nitrogens is 1. The summed E-state index contributed by atoms with van der Waals surface area (Å²) < 4.78 is 1.63. The molecule has 0 spiro atoms. The molecule has 7 nitrogen and oxygen atoms in total. The van der Waals surface area contributed by atoms with Crippen LogP contribution in [0.2, 0.25) is 0 Å². The molecule has 2 heterocycles. The Balaban J connectivity index is 1.95. The van der Waals surface area contributed by atoms with Crippen LogP contribution in [-0.2, 0) is 6.54 Å². The summed E-state index contributed by atoms with van der Waals surface area (Å²) in [6.45, 7) is 4.20. The summed E-state index contributed by atoms with van der Waals surface area (Å²) in [5.74, 6) is 0.469. The molecule has 0 aliphatic heterocycles. The first-order valence-corrected chi connectivity index (χ1v) is 4.01. The Morgan fingerprint density at radius 2 is 2.57 bits per heavy atom. The van der Waals surface area contributed by atoms with Gasteiger partial charge in [-0.05, 0) is 5.21 Å². The van der Waals surface area contributed by atoms with Gasteiger partial charge in [-0.25, -0.2) is 4.68 Å². The summed E-state index contributed by atoms with van der Waals surface area (Å²) >= 11 is 0. The van der Waals surface area contributed by atoms with Gasteiger partial charge < -0.3 is 5.32 Å². The van der Waals surface area contributed by atoms with Gasteiger partial charge in [-0.15, -0.1) is 5.10 Å². The largest absolute Gasteiger partial charge is 0.347 e. The third-order valence-electron chi connectivity index (χ3n) is 1.64. The average molecular weight is 191 g/mol. The molecule has 0 fully saturated rings. The van der Waals surface area contributed by atoms with Crippen molar-refractivity contribution < 1.29 is 0 Å². The van der Waals surface area contributed by atoms with Gasteiger partial charge in [0.15, 0.2) is 0 Å². The minimum atomic E-state index is 0.469. The fourth-order valence-corrected chi connectivity index (χ4v) is 0.986. The van der Waals surface area contributed by atoms with E-state index in [0.29, 0.717) is 12.5 Å². The Labute approximate surface area is 79.8 Å². The molecule has 0 unspecified atom stereocenters. The summed E-state index contributed by atoms with van der Waals surface area (Å²) in [6.07, 6.45) is 5.23. The standard InChI is InChI=1S/C7H9N7/c1-2-14-5-6(4-9-14)3-8-7-10-12-13-11-7/h2,4-5H,1,3H2,(H2,8,10,11,12,13). The Morgan fingerprint density at radius 1 is 1.64 bits per heavy atom. The van der Waals surface area contributed by atoms with E-state index in [-0.39, 0.29) is 0 Å². The highest BCUT2D eigenvalue weighted by molar-refractivity contribution is 5.24. The maximum atomic E-state index is 4.03. The summed E-state index contributed by atoms with van der Waals surface area (Å²) in [5, 5.41) is 20.3. The predicted molar refractivity (Wildman–Crippen MR) is 50.1 cm³/mol. The van der Waals surface area contributed by atoms with Gasteiger partial charge in [0.25, 0.3) is 5.95 Å². The number of anilines is 1. The van der Waals surface area contributed by atoms with E-state index in [1.54, 1.807) is 17.1 Å². The van der Waals surface area contributed by atoms with Crippen molar-refractivity contribution >= 4 is 12.1 Å². The lowest BCUT2D eigenvalue weighted by Crippen LogP contribution is -1.99. The third kappa shape index (κ3) is 1.76. The van der Waals surface area contributed by atoms with Crippen LogP contribution in [0.1, 0.15) is 5.56 Å². The number of rotatable bonds is 4. The van der Waals surface area contributed by atoms with Gasteiger partial charge in [0.1, 0.15) is 0 Å². The summed E-state index contributed by atoms with van der Waals surface area (Å²) in [7, 11) is 0. The minimum absolute atomic E-state index is 0.469. The molecule has 0 aromatic carbocycles. The quantitative estimate of drug-likeness (QED) is 0.716. The van der Waals surface area contributed by atoms with Crippen molar-refractivity contribution in [1.82, 2.24) is 30.4 Å². The molecule has 72 valence electrons. The van der Waals surface area contributed by atoms with Crippen LogP contribution in [0.4, 0.5) is 5.95 Å². The van der Waals surface area contributed by atoms with Crippen LogP contribution in [0.25, 0.3) is 6.20 Å². The first kappa shape index (κ1) is 8.42. The van der Waals surface area contributed by atoms with Gasteiger partial charge in [0.05, 0.1) is 6.20 Å². The minimum Gasteiger partial charge on any atom is -0.347 e. The SMILES string of the molecule is C=Cn1cc(CNc2nn[nH]n2)cn1. The topological polar surface area (TPSA) is 84.3 Å². The molecule has 2 aromatic heterocycles. The van der Waals surface area contributed by atoms with Crippen molar-refractivity contribution in [3.8, 4) is 0 Å². The van der Waals surface area contributed by atoms with Gasteiger partial charge in [-0.3, -0.25) is 0 Å².